The van der Waals surface area contributed by atoms with Crippen molar-refractivity contribution in [3.8, 4) is 5.75 Å². The molecular weight excluding hydrogens is 694 g/mol. The van der Waals surface area contributed by atoms with Crippen LogP contribution >= 0.6 is 34.8 Å². The van der Waals surface area contributed by atoms with Crippen LogP contribution in [-0.4, -0.2) is 38.5 Å². The molecule has 47 heavy (non-hydrogen) atoms. The Morgan fingerprint density at radius 1 is 0.766 bits per heavy atom. The number of fused-ring (bicyclic) bond motifs is 4. The number of para-hydroxylation sites is 1. The maximum absolute atomic E-state index is 15.1. The van der Waals surface area contributed by atoms with Crippen LogP contribution in [0, 0.1) is 46.8 Å². The Morgan fingerprint density at radius 2 is 1.38 bits per heavy atom. The van der Waals surface area contributed by atoms with Crippen molar-refractivity contribution in [3.05, 3.63) is 99.9 Å². The van der Waals surface area contributed by atoms with Crippen LogP contribution in [0.5, 0.6) is 5.75 Å². The smallest absolute Gasteiger partial charge is 0.258 e. The quantitative estimate of drug-likeness (QED) is 0.0836. The molecule has 7 rings (SSSR count). The van der Waals surface area contributed by atoms with Crippen LogP contribution in [0.4, 0.5) is 33.3 Å². The molecule has 3 fully saturated rings. The average molecular weight is 712 g/mol. The lowest BCUT2D eigenvalue weighted by molar-refractivity contribution is -0.125. The number of anilines is 2. The zero-order chi connectivity index (χ0) is 33.9. The number of nitrogens with zero attached hydrogens (tertiary/aromatic N) is 2. The lowest BCUT2D eigenvalue weighted by atomic mass is 9.56. The third-order valence-electron chi connectivity index (χ3n) is 9.54. The predicted molar refractivity (Wildman–Crippen MR) is 158 cm³/mol. The fourth-order valence-electron chi connectivity index (χ4n) is 7.50. The Hall–Kier alpha value is -4.00. The van der Waals surface area contributed by atoms with Gasteiger partial charge in [-0.2, -0.15) is 0 Å². The second-order valence-corrected chi connectivity index (χ2v) is 13.4. The molecule has 3 aromatic carbocycles. The van der Waals surface area contributed by atoms with Crippen LogP contribution in [0.3, 0.4) is 0 Å². The van der Waals surface area contributed by atoms with Gasteiger partial charge in [0.25, 0.3) is 11.8 Å². The summed E-state index contributed by atoms with van der Waals surface area (Å²) in [7, 11) is 0. The van der Waals surface area contributed by atoms with Crippen molar-refractivity contribution >= 4 is 69.8 Å². The van der Waals surface area contributed by atoms with Gasteiger partial charge in [0.15, 0.2) is 33.0 Å². The van der Waals surface area contributed by atoms with Crippen molar-refractivity contribution in [2.24, 2.45) is 17.8 Å². The van der Waals surface area contributed by atoms with Gasteiger partial charge in [0.05, 0.1) is 17.5 Å². The number of alkyl halides is 2. The zero-order valence-electron chi connectivity index (χ0n) is 23.4. The van der Waals surface area contributed by atoms with Gasteiger partial charge in [0.2, 0.25) is 17.6 Å². The molecule has 0 aromatic heterocycles. The minimum atomic E-state index is -2.77. The van der Waals surface area contributed by atoms with Gasteiger partial charge in [-0.15, -0.1) is 23.2 Å². The number of halogens is 8. The standard InChI is InChI=1S/C32H18Cl3F5N2O5/c33-12-6-9-18(43)16(10-12)20-14-7-8-15-19(28(45)41(27(15)44)13-4-2-1-3-5-13)17(14)11-31(34)29(46)42(30(47)32(20,31)35)26-24(39)22(37)21(36)23(38)25(26)40/h1-7,9-10,15,17,19-20,43H,8,11H2. The first-order chi connectivity index (χ1) is 22.2. The highest BCUT2D eigenvalue weighted by atomic mass is 35.5. The molecule has 0 bridgehead atoms. The molecule has 6 atom stereocenters. The van der Waals surface area contributed by atoms with Gasteiger partial charge < -0.3 is 5.11 Å². The van der Waals surface area contributed by atoms with E-state index in [9.17, 15) is 37.5 Å². The SMILES string of the molecule is O=C1C2CC=C3C(CC4(Cl)C(=O)N(c5c(F)c(F)c(F)c(F)c5F)C(=O)C4(Cl)C3c3cc(Cl)ccc3O)C2C(=O)N1c1ccccc1. The van der Waals surface area contributed by atoms with Crippen LogP contribution in [0.1, 0.15) is 24.3 Å². The molecule has 2 heterocycles. The third kappa shape index (κ3) is 3.98. The minimum Gasteiger partial charge on any atom is -0.508 e. The van der Waals surface area contributed by atoms with Crippen molar-refractivity contribution in [2.45, 2.75) is 28.5 Å². The molecule has 0 spiro atoms. The Morgan fingerprint density at radius 3 is 2.02 bits per heavy atom. The summed E-state index contributed by atoms with van der Waals surface area (Å²) in [6.07, 6.45) is 0.810. The van der Waals surface area contributed by atoms with E-state index in [1.54, 1.807) is 30.3 Å². The monoisotopic (exact) mass is 710 g/mol. The summed E-state index contributed by atoms with van der Waals surface area (Å²) in [4.78, 5) is 51.3. The maximum atomic E-state index is 15.1. The topological polar surface area (TPSA) is 95.0 Å². The van der Waals surface area contributed by atoms with E-state index < -0.39 is 104 Å². The summed E-state index contributed by atoms with van der Waals surface area (Å²) in [6, 6.07) is 11.6. The fourth-order valence-corrected chi connectivity index (χ4v) is 8.61. The highest BCUT2D eigenvalue weighted by Gasteiger charge is 2.77. The van der Waals surface area contributed by atoms with Crippen molar-refractivity contribution in [2.75, 3.05) is 9.80 Å². The summed E-state index contributed by atoms with van der Waals surface area (Å²) in [5.74, 6) is -22.3. The summed E-state index contributed by atoms with van der Waals surface area (Å²) in [5, 5.41) is 11.0. The first kappa shape index (κ1) is 31.6. The van der Waals surface area contributed by atoms with Crippen LogP contribution in [0.15, 0.2) is 60.2 Å². The van der Waals surface area contributed by atoms with E-state index in [2.05, 4.69) is 0 Å². The van der Waals surface area contributed by atoms with Crippen LogP contribution in [0.2, 0.25) is 5.02 Å². The Kier molecular flexibility index (Phi) is 7.06. The van der Waals surface area contributed by atoms with Crippen LogP contribution < -0.4 is 9.80 Å². The maximum Gasteiger partial charge on any atom is 0.258 e. The van der Waals surface area contributed by atoms with Gasteiger partial charge in [-0.05, 0) is 49.1 Å². The molecule has 2 aliphatic heterocycles. The molecule has 4 aliphatic rings. The number of phenolic OH excluding ortho intramolecular Hbond substituents is 1. The highest BCUT2D eigenvalue weighted by Crippen LogP contribution is 2.66. The van der Waals surface area contributed by atoms with E-state index >= 15 is 8.78 Å². The average Bonchev–Trinajstić information content (AvgIpc) is 3.39. The molecule has 0 radical (unpaired) electrons. The molecular formula is C32H18Cl3F5N2O5. The number of imide groups is 2. The van der Waals surface area contributed by atoms with Crippen LogP contribution in [0.25, 0.3) is 0 Å². The molecule has 2 saturated heterocycles. The van der Waals surface area contributed by atoms with E-state index in [-0.39, 0.29) is 33.2 Å². The number of phenols is 1. The second-order valence-electron chi connectivity index (χ2n) is 11.7. The largest absolute Gasteiger partial charge is 0.508 e. The molecule has 242 valence electrons. The van der Waals surface area contributed by atoms with Gasteiger partial charge in [0.1, 0.15) is 11.4 Å². The van der Waals surface area contributed by atoms with Gasteiger partial charge in [-0.3, -0.25) is 24.1 Å². The molecule has 4 amide bonds. The van der Waals surface area contributed by atoms with Gasteiger partial charge in [-0.1, -0.05) is 41.4 Å². The molecule has 2 aliphatic carbocycles. The van der Waals surface area contributed by atoms with E-state index in [0.29, 0.717) is 0 Å². The zero-order valence-corrected chi connectivity index (χ0v) is 25.7. The van der Waals surface area contributed by atoms with Crippen molar-refractivity contribution in [1.29, 1.82) is 0 Å². The van der Waals surface area contributed by atoms with Gasteiger partial charge in [-0.25, -0.2) is 26.9 Å². The van der Waals surface area contributed by atoms with E-state index in [1.165, 1.54) is 18.2 Å². The van der Waals surface area contributed by atoms with E-state index in [0.717, 1.165) is 11.0 Å². The molecule has 1 N–H and O–H groups in total. The lowest BCUT2D eigenvalue weighted by Gasteiger charge is -2.50. The number of allylic oxidation sites excluding steroid dienone is 2. The summed E-state index contributed by atoms with van der Waals surface area (Å²) >= 11 is 20.3. The third-order valence-corrected chi connectivity index (χ3v) is 11.2. The number of rotatable bonds is 3. The van der Waals surface area contributed by atoms with E-state index in [4.69, 9.17) is 34.8 Å². The molecule has 3 aromatic rings. The number of hydrogen-bond donors (Lipinski definition) is 1. The second kappa shape index (κ2) is 10.5. The number of hydrogen-bond acceptors (Lipinski definition) is 5. The molecule has 1 saturated carbocycles. The molecule has 15 heteroatoms. The van der Waals surface area contributed by atoms with Crippen molar-refractivity contribution in [3.63, 3.8) is 0 Å². The summed E-state index contributed by atoms with van der Waals surface area (Å²) in [6.45, 7) is 0. The van der Waals surface area contributed by atoms with Crippen molar-refractivity contribution in [1.82, 2.24) is 0 Å². The Bertz CT molecular complexity index is 1970. The number of amides is 4. The normalized spacial score (nSPS) is 30.0. The first-order valence-electron chi connectivity index (χ1n) is 14.1. The molecule has 6 unspecified atom stereocenters. The summed E-state index contributed by atoms with van der Waals surface area (Å²) < 4.78 is 72.9. The van der Waals surface area contributed by atoms with Gasteiger partial charge >= 0.3 is 0 Å². The lowest BCUT2D eigenvalue weighted by Crippen LogP contribution is -2.60. The Labute approximate surface area is 277 Å². The van der Waals surface area contributed by atoms with Gasteiger partial charge in [0, 0.05) is 16.5 Å². The summed E-state index contributed by atoms with van der Waals surface area (Å²) in [5.41, 5.74) is -1.61. The fraction of sp³-hybridized carbons (Fsp3) is 0.250. The number of aromatic hydroxyl groups is 1. The number of benzene rings is 3. The number of carbonyl (C=O) groups excluding carboxylic acids is 4. The predicted octanol–water partition coefficient (Wildman–Crippen LogP) is 6.51. The minimum absolute atomic E-state index is 0.0189. The highest BCUT2D eigenvalue weighted by molar-refractivity contribution is 6.58. The first-order valence-corrected chi connectivity index (χ1v) is 15.2. The van der Waals surface area contributed by atoms with Crippen molar-refractivity contribution < 1.29 is 46.2 Å². The van der Waals surface area contributed by atoms with Crippen LogP contribution in [-0.2, 0) is 19.2 Å². The van der Waals surface area contributed by atoms with E-state index in [1.807, 2.05) is 0 Å². The Balaban J connectivity index is 1.45. The number of carbonyl (C=O) groups is 4. The molecule has 7 nitrogen and oxygen atoms in total.